The van der Waals surface area contributed by atoms with Gasteiger partial charge in [-0.05, 0) is 44.6 Å². The van der Waals surface area contributed by atoms with Crippen molar-refractivity contribution in [2.45, 2.75) is 57.9 Å². The highest BCUT2D eigenvalue weighted by molar-refractivity contribution is 7.10. The summed E-state index contributed by atoms with van der Waals surface area (Å²) < 4.78 is 0. The number of fused-ring (bicyclic) bond motifs is 1. The lowest BCUT2D eigenvalue weighted by Gasteiger charge is -2.26. The average Bonchev–Trinajstić information content (AvgIpc) is 2.82. The highest BCUT2D eigenvalue weighted by atomic mass is 32.1. The first-order valence-corrected chi connectivity index (χ1v) is 8.01. The zero-order valence-electron chi connectivity index (χ0n) is 12.0. The summed E-state index contributed by atoms with van der Waals surface area (Å²) in [5.74, 6) is -1.22. The molecule has 20 heavy (non-hydrogen) atoms. The maximum Gasteiger partial charge on any atom is 0.329 e. The zero-order valence-corrected chi connectivity index (χ0v) is 12.8. The summed E-state index contributed by atoms with van der Waals surface area (Å²) in [6, 6.07) is 0. The molecule has 0 saturated carbocycles. The molecule has 0 saturated heterocycles. The second-order valence-corrected chi connectivity index (χ2v) is 6.56. The molecule has 0 aliphatic heterocycles. The number of carboxylic acid groups (broad SMARTS) is 1. The van der Waals surface area contributed by atoms with Crippen molar-refractivity contribution in [2.75, 3.05) is 0 Å². The van der Waals surface area contributed by atoms with Crippen molar-refractivity contribution in [1.29, 1.82) is 0 Å². The van der Waals surface area contributed by atoms with Crippen molar-refractivity contribution in [3.63, 3.8) is 0 Å². The number of nitrogens with one attached hydrogen (secondary N) is 1. The first-order chi connectivity index (χ1) is 9.48. The number of hydrogen-bond donors (Lipinski definition) is 2. The van der Waals surface area contributed by atoms with Gasteiger partial charge >= 0.3 is 5.97 Å². The molecule has 0 aromatic carbocycles. The molecule has 1 aromatic rings. The minimum absolute atomic E-state index is 0.247. The Morgan fingerprint density at radius 2 is 2.10 bits per heavy atom. The zero-order chi connectivity index (χ0) is 14.8. The van der Waals surface area contributed by atoms with Gasteiger partial charge in [0.15, 0.2) is 0 Å². The first kappa shape index (κ1) is 15.0. The standard InChI is InChI=1S/C15H21NO3S/c1-3-8-15(2,14(18)19)16-13(17)11-9-20-12-7-5-4-6-10(11)12/h9H,3-8H2,1-2H3,(H,16,17)(H,18,19). The van der Waals surface area contributed by atoms with Crippen molar-refractivity contribution in [1.82, 2.24) is 5.32 Å². The van der Waals surface area contributed by atoms with Gasteiger partial charge in [0.25, 0.3) is 5.91 Å². The molecule has 0 radical (unpaired) electrons. The molecule has 0 spiro atoms. The van der Waals surface area contributed by atoms with E-state index in [0.717, 1.165) is 24.8 Å². The number of thiophene rings is 1. The van der Waals surface area contributed by atoms with E-state index in [9.17, 15) is 14.7 Å². The van der Waals surface area contributed by atoms with Gasteiger partial charge in [-0.2, -0.15) is 0 Å². The van der Waals surface area contributed by atoms with Crippen LogP contribution in [-0.2, 0) is 17.6 Å². The van der Waals surface area contributed by atoms with Crippen molar-refractivity contribution >= 4 is 23.2 Å². The van der Waals surface area contributed by atoms with Crippen LogP contribution in [0.1, 0.15) is 60.3 Å². The van der Waals surface area contributed by atoms with E-state index in [1.54, 1.807) is 18.3 Å². The molecule has 1 atom stereocenters. The molecule has 2 rings (SSSR count). The molecule has 1 aromatic heterocycles. The molecule has 1 aliphatic carbocycles. The van der Waals surface area contributed by atoms with Crippen molar-refractivity contribution in [3.05, 3.63) is 21.4 Å². The molecule has 1 heterocycles. The van der Waals surface area contributed by atoms with Crippen molar-refractivity contribution in [3.8, 4) is 0 Å². The van der Waals surface area contributed by atoms with E-state index >= 15 is 0 Å². The Balaban J connectivity index is 2.19. The van der Waals surface area contributed by atoms with Crippen LogP contribution in [0.4, 0.5) is 0 Å². The molecule has 110 valence electrons. The van der Waals surface area contributed by atoms with Gasteiger partial charge in [0, 0.05) is 10.3 Å². The predicted octanol–water partition coefficient (Wildman–Crippen LogP) is 3.00. The molecule has 5 heteroatoms. The Morgan fingerprint density at radius 1 is 1.40 bits per heavy atom. The van der Waals surface area contributed by atoms with Gasteiger partial charge in [0.2, 0.25) is 0 Å². The van der Waals surface area contributed by atoms with Crippen LogP contribution in [0.2, 0.25) is 0 Å². The Hall–Kier alpha value is -1.36. The molecular weight excluding hydrogens is 274 g/mol. The minimum atomic E-state index is -1.19. The summed E-state index contributed by atoms with van der Waals surface area (Å²) in [4.78, 5) is 25.1. The fraction of sp³-hybridized carbons (Fsp3) is 0.600. The van der Waals surface area contributed by atoms with Crippen LogP contribution in [0.15, 0.2) is 5.38 Å². The lowest BCUT2D eigenvalue weighted by atomic mass is 9.93. The van der Waals surface area contributed by atoms with Gasteiger partial charge in [0.05, 0.1) is 5.56 Å². The largest absolute Gasteiger partial charge is 0.480 e. The Kier molecular flexibility index (Phi) is 4.48. The molecule has 0 fully saturated rings. The summed E-state index contributed by atoms with van der Waals surface area (Å²) in [7, 11) is 0. The van der Waals surface area contributed by atoms with Crippen LogP contribution in [0, 0.1) is 0 Å². The minimum Gasteiger partial charge on any atom is -0.480 e. The average molecular weight is 295 g/mol. The maximum atomic E-state index is 12.4. The molecular formula is C15H21NO3S. The maximum absolute atomic E-state index is 12.4. The molecule has 1 unspecified atom stereocenters. The Bertz CT molecular complexity index is 523. The highest BCUT2D eigenvalue weighted by Gasteiger charge is 2.35. The summed E-state index contributed by atoms with van der Waals surface area (Å²) >= 11 is 1.62. The topological polar surface area (TPSA) is 66.4 Å². The fourth-order valence-electron chi connectivity index (χ4n) is 2.73. The van der Waals surface area contributed by atoms with Crippen LogP contribution >= 0.6 is 11.3 Å². The smallest absolute Gasteiger partial charge is 0.329 e. The number of carbonyl (C=O) groups excluding carboxylic acids is 1. The number of amides is 1. The lowest BCUT2D eigenvalue weighted by molar-refractivity contribution is -0.144. The number of aryl methyl sites for hydroxylation is 1. The fourth-order valence-corrected chi connectivity index (χ4v) is 3.85. The predicted molar refractivity (Wildman–Crippen MR) is 79.4 cm³/mol. The van der Waals surface area contributed by atoms with Gasteiger partial charge in [-0.1, -0.05) is 13.3 Å². The summed E-state index contributed by atoms with van der Waals surface area (Å²) in [6.45, 7) is 3.50. The Morgan fingerprint density at radius 3 is 2.75 bits per heavy atom. The SMILES string of the molecule is CCCC(C)(NC(=O)c1csc2c1CCCC2)C(=O)O. The van der Waals surface area contributed by atoms with E-state index in [1.165, 1.54) is 11.3 Å². The molecule has 1 aliphatic rings. The van der Waals surface area contributed by atoms with Gasteiger partial charge in [-0.25, -0.2) is 4.79 Å². The Labute approximate surface area is 123 Å². The third kappa shape index (κ3) is 2.87. The van der Waals surface area contributed by atoms with Gasteiger partial charge in [-0.3, -0.25) is 4.79 Å². The second-order valence-electron chi connectivity index (χ2n) is 5.60. The van der Waals surface area contributed by atoms with Crippen LogP contribution in [0.3, 0.4) is 0 Å². The van der Waals surface area contributed by atoms with Crippen molar-refractivity contribution < 1.29 is 14.7 Å². The summed E-state index contributed by atoms with van der Waals surface area (Å²) in [5, 5.41) is 13.9. The van der Waals surface area contributed by atoms with E-state index in [4.69, 9.17) is 0 Å². The van der Waals surface area contributed by atoms with Crippen LogP contribution in [0.5, 0.6) is 0 Å². The number of aliphatic carboxylic acids is 1. The molecule has 4 nitrogen and oxygen atoms in total. The van der Waals surface area contributed by atoms with Crippen molar-refractivity contribution in [2.24, 2.45) is 0 Å². The lowest BCUT2D eigenvalue weighted by Crippen LogP contribution is -2.52. The van der Waals surface area contributed by atoms with E-state index < -0.39 is 11.5 Å². The van der Waals surface area contributed by atoms with E-state index in [0.29, 0.717) is 18.4 Å². The quantitative estimate of drug-likeness (QED) is 0.877. The molecule has 0 bridgehead atoms. The van der Waals surface area contributed by atoms with Crippen LogP contribution < -0.4 is 5.32 Å². The highest BCUT2D eigenvalue weighted by Crippen LogP contribution is 2.30. The van der Waals surface area contributed by atoms with E-state index in [-0.39, 0.29) is 5.91 Å². The third-order valence-electron chi connectivity index (χ3n) is 3.92. The number of carbonyl (C=O) groups is 2. The van der Waals surface area contributed by atoms with E-state index in [2.05, 4.69) is 5.32 Å². The van der Waals surface area contributed by atoms with Crippen LogP contribution in [0.25, 0.3) is 0 Å². The number of rotatable bonds is 5. The normalized spacial score (nSPS) is 17.1. The molecule has 2 N–H and O–H groups in total. The second kappa shape index (κ2) is 5.95. The summed E-state index contributed by atoms with van der Waals surface area (Å²) in [6.07, 6.45) is 5.40. The van der Waals surface area contributed by atoms with E-state index in [1.807, 2.05) is 12.3 Å². The van der Waals surface area contributed by atoms with Gasteiger partial charge < -0.3 is 10.4 Å². The van der Waals surface area contributed by atoms with Crippen LogP contribution in [-0.4, -0.2) is 22.5 Å². The van der Waals surface area contributed by atoms with Gasteiger partial charge in [-0.15, -0.1) is 11.3 Å². The number of carboxylic acids is 1. The summed E-state index contributed by atoms with van der Waals surface area (Å²) in [5.41, 5.74) is 0.617. The molecule has 1 amide bonds. The van der Waals surface area contributed by atoms with Gasteiger partial charge in [0.1, 0.15) is 5.54 Å². The first-order valence-electron chi connectivity index (χ1n) is 7.13. The monoisotopic (exact) mass is 295 g/mol. The number of hydrogen-bond acceptors (Lipinski definition) is 3. The third-order valence-corrected chi connectivity index (χ3v) is 5.01.